The lowest BCUT2D eigenvalue weighted by Gasteiger charge is -2.28. The summed E-state index contributed by atoms with van der Waals surface area (Å²) in [6.07, 6.45) is 3.29. The van der Waals surface area contributed by atoms with Crippen molar-refractivity contribution < 1.29 is 4.39 Å². The van der Waals surface area contributed by atoms with Gasteiger partial charge in [0.15, 0.2) is 17.5 Å². The topological polar surface area (TPSA) is 46.8 Å². The van der Waals surface area contributed by atoms with E-state index in [2.05, 4.69) is 31.1 Å². The van der Waals surface area contributed by atoms with Crippen LogP contribution in [0.25, 0.3) is 0 Å². The molecule has 0 amide bonds. The van der Waals surface area contributed by atoms with Gasteiger partial charge in [0.1, 0.15) is 6.33 Å². The average Bonchev–Trinajstić information content (AvgIpc) is 2.75. The van der Waals surface area contributed by atoms with Crippen LogP contribution in [0.3, 0.4) is 0 Å². The molecule has 2 aromatic heterocycles. The minimum absolute atomic E-state index is 0.327. The molecule has 1 aliphatic rings. The van der Waals surface area contributed by atoms with Crippen LogP contribution < -0.4 is 4.90 Å². The van der Waals surface area contributed by atoms with Gasteiger partial charge in [-0.3, -0.25) is 0 Å². The normalized spacial score (nSPS) is 14.8. The van der Waals surface area contributed by atoms with Crippen molar-refractivity contribution >= 4 is 21.7 Å². The van der Waals surface area contributed by atoms with Gasteiger partial charge in [-0.15, -0.1) is 10.2 Å². The minimum atomic E-state index is -0.327. The lowest BCUT2D eigenvalue weighted by molar-refractivity contribution is 0.537. The maximum absolute atomic E-state index is 13.8. The lowest BCUT2D eigenvalue weighted by atomic mass is 10.3. The molecule has 7 heteroatoms. The van der Waals surface area contributed by atoms with Crippen molar-refractivity contribution in [2.45, 2.75) is 13.1 Å². The van der Waals surface area contributed by atoms with Crippen LogP contribution in [-0.4, -0.2) is 26.3 Å². The van der Waals surface area contributed by atoms with E-state index < -0.39 is 0 Å². The highest BCUT2D eigenvalue weighted by Crippen LogP contribution is 2.23. The summed E-state index contributed by atoms with van der Waals surface area (Å²) in [6.45, 7) is 1.99. The molecular weight excluding hydrogens is 289 g/mol. The molecule has 0 unspecified atom stereocenters. The summed E-state index contributed by atoms with van der Waals surface area (Å²) in [5.74, 6) is 0.871. The van der Waals surface area contributed by atoms with Gasteiger partial charge in [-0.2, -0.15) is 0 Å². The third-order valence-electron chi connectivity index (χ3n) is 2.73. The molecule has 5 nitrogen and oxygen atoms in total. The second kappa shape index (κ2) is 4.06. The van der Waals surface area contributed by atoms with Gasteiger partial charge in [0, 0.05) is 23.8 Å². The first-order valence-corrected chi connectivity index (χ1v) is 5.96. The second-order valence-corrected chi connectivity index (χ2v) is 4.74. The van der Waals surface area contributed by atoms with Gasteiger partial charge in [0.2, 0.25) is 0 Å². The van der Waals surface area contributed by atoms with E-state index in [4.69, 9.17) is 0 Å². The van der Waals surface area contributed by atoms with E-state index in [9.17, 15) is 4.39 Å². The van der Waals surface area contributed by atoms with E-state index in [0.717, 1.165) is 12.4 Å². The van der Waals surface area contributed by atoms with E-state index in [-0.39, 0.29) is 5.82 Å². The number of hydrogen-bond donors (Lipinski definition) is 0. The van der Waals surface area contributed by atoms with Crippen LogP contribution in [-0.2, 0) is 13.1 Å². The molecule has 0 atom stereocenters. The number of aromatic nitrogens is 4. The molecule has 17 heavy (non-hydrogen) atoms. The number of fused-ring (bicyclic) bond motifs is 1. The summed E-state index contributed by atoms with van der Waals surface area (Å²) < 4.78 is 16.4. The summed E-state index contributed by atoms with van der Waals surface area (Å²) in [6, 6.07) is 1.42. The SMILES string of the molecule is Fc1cc(Br)cnc1N1CCn2cnnc2C1. The van der Waals surface area contributed by atoms with Crippen LogP contribution in [0.5, 0.6) is 0 Å². The summed E-state index contributed by atoms with van der Waals surface area (Å²) >= 11 is 3.19. The van der Waals surface area contributed by atoms with E-state index in [1.165, 1.54) is 6.07 Å². The van der Waals surface area contributed by atoms with Gasteiger partial charge in [0.05, 0.1) is 6.54 Å². The van der Waals surface area contributed by atoms with Crippen LogP contribution in [0.4, 0.5) is 10.2 Å². The fourth-order valence-electron chi connectivity index (χ4n) is 1.89. The number of hydrogen-bond acceptors (Lipinski definition) is 4. The molecule has 0 saturated carbocycles. The second-order valence-electron chi connectivity index (χ2n) is 3.82. The Labute approximate surface area is 105 Å². The Morgan fingerprint density at radius 2 is 2.24 bits per heavy atom. The highest BCUT2D eigenvalue weighted by Gasteiger charge is 2.21. The number of pyridine rings is 1. The van der Waals surface area contributed by atoms with Gasteiger partial charge < -0.3 is 9.47 Å². The molecule has 1 aliphatic heterocycles. The fraction of sp³-hybridized carbons (Fsp3) is 0.300. The molecule has 0 fully saturated rings. The number of halogens is 2. The smallest absolute Gasteiger partial charge is 0.166 e. The summed E-state index contributed by atoms with van der Waals surface area (Å²) in [7, 11) is 0. The molecule has 88 valence electrons. The Morgan fingerprint density at radius 1 is 1.35 bits per heavy atom. The van der Waals surface area contributed by atoms with Gasteiger partial charge in [-0.25, -0.2) is 9.37 Å². The van der Waals surface area contributed by atoms with E-state index >= 15 is 0 Å². The molecule has 3 rings (SSSR count). The first-order chi connectivity index (χ1) is 8.24. The Hall–Kier alpha value is -1.50. The Kier molecular flexibility index (Phi) is 2.54. The zero-order valence-electron chi connectivity index (χ0n) is 8.85. The molecule has 0 saturated heterocycles. The summed E-state index contributed by atoms with van der Waals surface area (Å²) in [5, 5.41) is 7.82. The van der Waals surface area contributed by atoms with Crippen molar-refractivity contribution in [1.82, 2.24) is 19.7 Å². The van der Waals surface area contributed by atoms with Crippen molar-refractivity contribution in [3.8, 4) is 0 Å². The van der Waals surface area contributed by atoms with Gasteiger partial charge in [0.25, 0.3) is 0 Å². The predicted molar refractivity (Wildman–Crippen MR) is 63.0 cm³/mol. The van der Waals surface area contributed by atoms with Crippen LogP contribution in [0, 0.1) is 5.82 Å². The van der Waals surface area contributed by atoms with Crippen molar-refractivity contribution in [2.75, 3.05) is 11.4 Å². The Morgan fingerprint density at radius 3 is 3.06 bits per heavy atom. The van der Waals surface area contributed by atoms with E-state index in [0.29, 0.717) is 23.4 Å². The Bertz CT molecular complexity index is 555. The van der Waals surface area contributed by atoms with Crippen LogP contribution >= 0.6 is 15.9 Å². The van der Waals surface area contributed by atoms with E-state index in [1.807, 2.05) is 9.47 Å². The molecule has 0 spiro atoms. The largest absolute Gasteiger partial charge is 0.345 e. The monoisotopic (exact) mass is 297 g/mol. The first kappa shape index (κ1) is 10.6. The zero-order chi connectivity index (χ0) is 11.8. The predicted octanol–water partition coefficient (Wildman–Crippen LogP) is 1.59. The lowest BCUT2D eigenvalue weighted by Crippen LogP contribution is -2.34. The number of rotatable bonds is 1. The van der Waals surface area contributed by atoms with E-state index in [1.54, 1.807) is 12.5 Å². The summed E-state index contributed by atoms with van der Waals surface area (Å²) in [5.41, 5.74) is 0. The Balaban J connectivity index is 1.91. The molecule has 0 radical (unpaired) electrons. The van der Waals surface area contributed by atoms with Gasteiger partial charge in [-0.1, -0.05) is 0 Å². The van der Waals surface area contributed by atoms with Crippen molar-refractivity contribution in [1.29, 1.82) is 0 Å². The quantitative estimate of drug-likeness (QED) is 0.802. The third-order valence-corrected chi connectivity index (χ3v) is 3.16. The first-order valence-electron chi connectivity index (χ1n) is 5.17. The maximum atomic E-state index is 13.8. The third kappa shape index (κ3) is 1.90. The molecule has 0 bridgehead atoms. The van der Waals surface area contributed by atoms with Crippen LogP contribution in [0.2, 0.25) is 0 Å². The number of anilines is 1. The van der Waals surface area contributed by atoms with Crippen molar-refractivity contribution in [3.63, 3.8) is 0 Å². The van der Waals surface area contributed by atoms with Crippen molar-refractivity contribution in [2.24, 2.45) is 0 Å². The highest BCUT2D eigenvalue weighted by molar-refractivity contribution is 9.10. The average molecular weight is 298 g/mol. The highest BCUT2D eigenvalue weighted by atomic mass is 79.9. The molecular formula is C10H9BrFN5. The fourth-order valence-corrected chi connectivity index (χ4v) is 2.19. The molecule has 0 aromatic carbocycles. The molecule has 3 heterocycles. The van der Waals surface area contributed by atoms with Crippen molar-refractivity contribution in [3.05, 3.63) is 34.7 Å². The molecule has 2 aromatic rings. The zero-order valence-corrected chi connectivity index (χ0v) is 10.4. The molecule has 0 N–H and O–H groups in total. The standard InChI is InChI=1S/C10H9BrFN5/c11-7-3-8(12)10(13-4-7)16-1-2-17-6-14-15-9(17)5-16/h3-4,6H,1-2,5H2. The summed E-state index contributed by atoms with van der Waals surface area (Å²) in [4.78, 5) is 5.97. The van der Waals surface area contributed by atoms with Crippen LogP contribution in [0.15, 0.2) is 23.1 Å². The molecule has 0 aliphatic carbocycles. The minimum Gasteiger partial charge on any atom is -0.345 e. The van der Waals surface area contributed by atoms with Crippen LogP contribution in [0.1, 0.15) is 5.82 Å². The van der Waals surface area contributed by atoms with Gasteiger partial charge >= 0.3 is 0 Å². The number of nitrogens with zero attached hydrogens (tertiary/aromatic N) is 5. The van der Waals surface area contributed by atoms with Gasteiger partial charge in [-0.05, 0) is 22.0 Å². The maximum Gasteiger partial charge on any atom is 0.166 e.